The Morgan fingerprint density at radius 2 is 2.00 bits per heavy atom. The lowest BCUT2D eigenvalue weighted by molar-refractivity contribution is -0.150. The molecule has 3 N–H and O–H groups in total. The minimum absolute atomic E-state index is 0.00511. The monoisotopic (exact) mass is 607 g/mol. The van der Waals surface area contributed by atoms with Crippen LogP contribution in [-0.4, -0.2) is 92.9 Å². The number of halogens is 2. The lowest BCUT2D eigenvalue weighted by Gasteiger charge is -2.49. The van der Waals surface area contributed by atoms with Crippen molar-refractivity contribution in [3.63, 3.8) is 0 Å². The predicted octanol–water partition coefficient (Wildman–Crippen LogP) is 0.585. The molecule has 0 radical (unpaired) electrons. The highest BCUT2D eigenvalue weighted by atomic mass is 35.5. The second-order valence-corrected chi connectivity index (χ2v) is 10.6. The van der Waals surface area contributed by atoms with Gasteiger partial charge in [-0.1, -0.05) is 28.1 Å². The number of aliphatic carboxylic acids is 1. The third-order valence-electron chi connectivity index (χ3n) is 4.91. The minimum atomic E-state index is -1.42. The molecule has 0 bridgehead atoms. The van der Waals surface area contributed by atoms with Crippen LogP contribution in [0.15, 0.2) is 16.4 Å². The molecular formula is C20H19Cl2N5O9S2. The summed E-state index contributed by atoms with van der Waals surface area (Å²) in [5.74, 6) is -5.08. The fourth-order valence-electron chi connectivity index (χ4n) is 3.36. The van der Waals surface area contributed by atoms with Crippen molar-refractivity contribution in [1.82, 2.24) is 15.2 Å². The highest BCUT2D eigenvalue weighted by Gasteiger charge is 2.54. The standard InChI is InChI=1S/C20H19Cl2N5O9S2/c1-7(28)3-10(30)36-5-8-6-37-18-13(17(32)27(18)14(8)19(33)34)24-16(31)12(26-35-2)11-15(22)38-20(25-11)23-9(29)4-21/h13,18H,3-6H2,1-2H3,(H,24,31)(H,33,34)(H,23,25,29)/b26-12-/t13-,18+/m1/s1. The molecule has 1 fully saturated rings. The number of aromatic nitrogens is 1. The molecule has 1 aromatic heterocycles. The fraction of sp³-hybridized carbons (Fsp3) is 0.400. The van der Waals surface area contributed by atoms with E-state index in [1.165, 1.54) is 14.0 Å². The number of carbonyl (C=O) groups excluding carboxylic acids is 5. The molecule has 2 atom stereocenters. The molecule has 1 saturated heterocycles. The number of alkyl halides is 1. The predicted molar refractivity (Wildman–Crippen MR) is 136 cm³/mol. The van der Waals surface area contributed by atoms with E-state index in [4.69, 9.17) is 32.8 Å². The van der Waals surface area contributed by atoms with Gasteiger partial charge in [0.15, 0.2) is 10.8 Å². The number of ketones is 1. The molecule has 0 aliphatic carbocycles. The number of fused-ring (bicyclic) bond motifs is 1. The van der Waals surface area contributed by atoms with E-state index < -0.39 is 59.9 Å². The molecule has 3 rings (SSSR count). The van der Waals surface area contributed by atoms with Crippen molar-refractivity contribution < 1.29 is 43.4 Å². The molecule has 0 saturated carbocycles. The number of hydrogen-bond acceptors (Lipinski definition) is 12. The van der Waals surface area contributed by atoms with Gasteiger partial charge < -0.3 is 25.3 Å². The molecule has 1 aromatic rings. The zero-order valence-corrected chi connectivity index (χ0v) is 22.8. The number of ether oxygens (including phenoxy) is 1. The average Bonchev–Trinajstić information content (AvgIpc) is 3.21. The summed E-state index contributed by atoms with van der Waals surface area (Å²) in [6, 6.07) is -1.13. The number of carboxylic acids is 1. The largest absolute Gasteiger partial charge is 0.477 e. The van der Waals surface area contributed by atoms with Crippen molar-refractivity contribution in [3.05, 3.63) is 21.3 Å². The molecule has 38 heavy (non-hydrogen) atoms. The summed E-state index contributed by atoms with van der Waals surface area (Å²) in [4.78, 5) is 81.9. The van der Waals surface area contributed by atoms with Crippen molar-refractivity contribution in [3.8, 4) is 0 Å². The van der Waals surface area contributed by atoms with Crippen molar-refractivity contribution in [1.29, 1.82) is 0 Å². The molecule has 204 valence electrons. The van der Waals surface area contributed by atoms with Crippen LogP contribution in [-0.2, 0) is 38.3 Å². The number of oxime groups is 1. The Labute approximate surface area is 232 Å². The van der Waals surface area contributed by atoms with E-state index >= 15 is 0 Å². The number of carbonyl (C=O) groups is 6. The Balaban J connectivity index is 1.75. The first-order valence-corrected chi connectivity index (χ1v) is 13.3. The molecule has 2 aliphatic rings. The number of Topliss-reactive ketones (excluding diaryl/α,β-unsaturated/α-hetero) is 1. The van der Waals surface area contributed by atoms with Gasteiger partial charge in [0.05, 0.1) is 0 Å². The normalized spacial score (nSPS) is 18.8. The second-order valence-electron chi connectivity index (χ2n) is 7.60. The first-order valence-electron chi connectivity index (χ1n) is 10.5. The molecule has 3 amide bonds. The van der Waals surface area contributed by atoms with E-state index in [0.717, 1.165) is 28.0 Å². The summed E-state index contributed by atoms with van der Waals surface area (Å²) < 4.78 is 4.97. The molecule has 3 heterocycles. The lowest BCUT2D eigenvalue weighted by Crippen LogP contribution is -2.71. The molecular weight excluding hydrogens is 589 g/mol. The topological polar surface area (TPSA) is 194 Å². The third kappa shape index (κ3) is 6.43. The highest BCUT2D eigenvalue weighted by molar-refractivity contribution is 8.00. The average molecular weight is 608 g/mol. The maximum absolute atomic E-state index is 13.0. The van der Waals surface area contributed by atoms with E-state index in [2.05, 4.69) is 20.8 Å². The van der Waals surface area contributed by atoms with Gasteiger partial charge in [0.1, 0.15) is 58.9 Å². The Bertz CT molecular complexity index is 1270. The van der Waals surface area contributed by atoms with Crippen molar-refractivity contribution in [2.24, 2.45) is 5.16 Å². The number of hydrogen-bond donors (Lipinski definition) is 3. The highest BCUT2D eigenvalue weighted by Crippen LogP contribution is 2.40. The Hall–Kier alpha value is -3.21. The van der Waals surface area contributed by atoms with E-state index in [1.54, 1.807) is 0 Å². The van der Waals surface area contributed by atoms with Crippen LogP contribution in [0, 0.1) is 0 Å². The Morgan fingerprint density at radius 3 is 2.61 bits per heavy atom. The number of nitrogens with zero attached hydrogens (tertiary/aromatic N) is 3. The van der Waals surface area contributed by atoms with E-state index in [1.807, 2.05) is 0 Å². The zero-order valence-electron chi connectivity index (χ0n) is 19.6. The van der Waals surface area contributed by atoms with Gasteiger partial charge in [-0.3, -0.25) is 28.9 Å². The Morgan fingerprint density at radius 1 is 1.29 bits per heavy atom. The summed E-state index contributed by atoms with van der Waals surface area (Å²) in [7, 11) is 1.17. The van der Waals surface area contributed by atoms with Gasteiger partial charge in [-0.25, -0.2) is 9.78 Å². The number of anilines is 1. The van der Waals surface area contributed by atoms with Crippen molar-refractivity contribution in [2.75, 3.05) is 30.7 Å². The van der Waals surface area contributed by atoms with Crippen LogP contribution < -0.4 is 10.6 Å². The van der Waals surface area contributed by atoms with Gasteiger partial charge in [-0.05, 0) is 6.92 Å². The number of nitrogens with one attached hydrogen (secondary N) is 2. The molecule has 0 spiro atoms. The maximum Gasteiger partial charge on any atom is 0.352 e. The Kier molecular flexibility index (Phi) is 9.70. The summed E-state index contributed by atoms with van der Waals surface area (Å²) in [6.45, 7) is 0.796. The van der Waals surface area contributed by atoms with Crippen LogP contribution in [0.1, 0.15) is 19.0 Å². The molecule has 14 nitrogen and oxygen atoms in total. The number of amides is 3. The van der Waals surface area contributed by atoms with E-state index in [0.29, 0.717) is 0 Å². The van der Waals surface area contributed by atoms with Crippen LogP contribution in [0.3, 0.4) is 0 Å². The number of thiazole rings is 1. The molecule has 0 unspecified atom stereocenters. The SMILES string of the molecule is CO/N=C(\C(=O)N[C@@H]1C(=O)N2C(C(=O)O)=C(COC(=O)CC(C)=O)CS[C@@H]12)c1nc(NC(=O)CCl)sc1Cl. The first-order chi connectivity index (χ1) is 18.0. The summed E-state index contributed by atoms with van der Waals surface area (Å²) in [5.41, 5.74) is -0.718. The zero-order chi connectivity index (χ0) is 28.1. The van der Waals surface area contributed by atoms with E-state index in [-0.39, 0.29) is 43.8 Å². The van der Waals surface area contributed by atoms with Gasteiger partial charge in [0.25, 0.3) is 11.8 Å². The first kappa shape index (κ1) is 29.3. The number of rotatable bonds is 11. The lowest BCUT2D eigenvalue weighted by atomic mass is 10.0. The van der Waals surface area contributed by atoms with Crippen LogP contribution in [0.25, 0.3) is 0 Å². The number of esters is 1. The molecule has 0 aromatic carbocycles. The van der Waals surface area contributed by atoms with Crippen molar-refractivity contribution >= 4 is 92.6 Å². The fourth-order valence-corrected chi connectivity index (χ4v) is 5.82. The smallest absolute Gasteiger partial charge is 0.352 e. The van der Waals surface area contributed by atoms with E-state index in [9.17, 15) is 33.9 Å². The number of β-lactam (4-membered cyclic amide) rings is 1. The summed E-state index contributed by atoms with van der Waals surface area (Å²) >= 11 is 13.6. The van der Waals surface area contributed by atoms with Crippen LogP contribution in [0.2, 0.25) is 4.34 Å². The van der Waals surface area contributed by atoms with Gasteiger partial charge in [-0.2, -0.15) is 0 Å². The third-order valence-corrected chi connectivity index (χ3v) is 7.66. The quantitative estimate of drug-likeness (QED) is 0.0795. The van der Waals surface area contributed by atoms with Gasteiger partial charge in [0.2, 0.25) is 5.91 Å². The van der Waals surface area contributed by atoms with Gasteiger partial charge in [0, 0.05) is 11.3 Å². The summed E-state index contributed by atoms with van der Waals surface area (Å²) in [5, 5.41) is 17.5. The van der Waals surface area contributed by atoms with Crippen LogP contribution in [0.5, 0.6) is 0 Å². The van der Waals surface area contributed by atoms with Crippen molar-refractivity contribution in [2.45, 2.75) is 24.8 Å². The van der Waals surface area contributed by atoms with Crippen LogP contribution >= 0.6 is 46.3 Å². The molecule has 2 aliphatic heterocycles. The minimum Gasteiger partial charge on any atom is -0.477 e. The molecule has 18 heteroatoms. The number of carboxylic acid groups (broad SMARTS) is 1. The maximum atomic E-state index is 13.0. The summed E-state index contributed by atoms with van der Waals surface area (Å²) in [6.07, 6.45) is -0.461. The van der Waals surface area contributed by atoms with Crippen LogP contribution in [0.4, 0.5) is 5.13 Å². The van der Waals surface area contributed by atoms with Gasteiger partial charge >= 0.3 is 11.9 Å². The second kappa shape index (κ2) is 12.6. The number of thioether (sulfide) groups is 1. The van der Waals surface area contributed by atoms with Gasteiger partial charge in [-0.15, -0.1) is 23.4 Å².